The van der Waals surface area contributed by atoms with E-state index in [0.29, 0.717) is 11.5 Å². The van der Waals surface area contributed by atoms with E-state index in [1.165, 1.54) is 27.2 Å². The van der Waals surface area contributed by atoms with Crippen molar-refractivity contribution in [1.82, 2.24) is 0 Å². The molecular weight excluding hydrogens is 432 g/mol. The van der Waals surface area contributed by atoms with E-state index in [4.69, 9.17) is 28.4 Å². The summed E-state index contributed by atoms with van der Waals surface area (Å²) in [7, 11) is 2.92. The Morgan fingerprint density at radius 2 is 1.38 bits per heavy atom. The van der Waals surface area contributed by atoms with Gasteiger partial charge in [-0.05, 0) is 19.1 Å². The van der Waals surface area contributed by atoms with Crippen LogP contribution in [0.4, 0.5) is 0 Å². The molecule has 0 aliphatic carbocycles. The molecule has 10 atom stereocenters. The Bertz CT molecular complexity index is 747. The zero-order valence-corrected chi connectivity index (χ0v) is 17.8. The fraction of sp³-hybridized carbons (Fsp3) is 0.700. The van der Waals surface area contributed by atoms with E-state index in [2.05, 4.69) is 0 Å². The van der Waals surface area contributed by atoms with Gasteiger partial charge < -0.3 is 59.1 Å². The van der Waals surface area contributed by atoms with Gasteiger partial charge >= 0.3 is 0 Å². The summed E-state index contributed by atoms with van der Waals surface area (Å²) in [6.45, 7) is 1.11. The number of methoxy groups -OCH3 is 2. The van der Waals surface area contributed by atoms with Gasteiger partial charge in [0.2, 0.25) is 6.29 Å². The standard InChI is InChI=1S/C20H30O12/c1-8-13(21)15(23)17(25)19(30-8)29-7-12-14(22)16(24)18(26)20(32-12)31-9-4-5-10(27-2)11(6-9)28-3/h4-6,8,12-26H,7H2,1-3H3. The van der Waals surface area contributed by atoms with Gasteiger partial charge in [-0.15, -0.1) is 0 Å². The summed E-state index contributed by atoms with van der Waals surface area (Å²) >= 11 is 0. The highest BCUT2D eigenvalue weighted by Crippen LogP contribution is 2.33. The van der Waals surface area contributed by atoms with Crippen LogP contribution in [-0.4, -0.2) is 113 Å². The maximum Gasteiger partial charge on any atom is 0.229 e. The summed E-state index contributed by atoms with van der Waals surface area (Å²) in [5, 5.41) is 60.5. The van der Waals surface area contributed by atoms with Crippen molar-refractivity contribution in [3.05, 3.63) is 18.2 Å². The van der Waals surface area contributed by atoms with Crippen molar-refractivity contribution in [3.8, 4) is 17.2 Å². The Balaban J connectivity index is 1.66. The van der Waals surface area contributed by atoms with Gasteiger partial charge in [0.1, 0.15) is 48.5 Å². The van der Waals surface area contributed by atoms with E-state index in [9.17, 15) is 30.6 Å². The van der Waals surface area contributed by atoms with Crippen LogP contribution in [0.5, 0.6) is 17.2 Å². The molecule has 12 nitrogen and oxygen atoms in total. The monoisotopic (exact) mass is 462 g/mol. The smallest absolute Gasteiger partial charge is 0.229 e. The second-order valence-electron chi connectivity index (χ2n) is 7.66. The van der Waals surface area contributed by atoms with Crippen LogP contribution in [0, 0.1) is 0 Å². The minimum atomic E-state index is -1.62. The summed E-state index contributed by atoms with van der Waals surface area (Å²) in [6, 6.07) is 4.62. The Labute approximate surface area is 184 Å². The zero-order valence-electron chi connectivity index (χ0n) is 17.8. The van der Waals surface area contributed by atoms with Crippen LogP contribution in [0.1, 0.15) is 6.92 Å². The maximum absolute atomic E-state index is 10.3. The Morgan fingerprint density at radius 1 is 0.750 bits per heavy atom. The van der Waals surface area contributed by atoms with E-state index >= 15 is 0 Å². The largest absolute Gasteiger partial charge is 0.493 e. The lowest BCUT2D eigenvalue weighted by Gasteiger charge is -2.42. The number of aliphatic hydroxyl groups is 6. The number of ether oxygens (including phenoxy) is 6. The summed E-state index contributed by atoms with van der Waals surface area (Å²) < 4.78 is 32.3. The minimum absolute atomic E-state index is 0.243. The van der Waals surface area contributed by atoms with Gasteiger partial charge in [-0.25, -0.2) is 0 Å². The summed E-state index contributed by atoms with van der Waals surface area (Å²) in [4.78, 5) is 0. The highest BCUT2D eigenvalue weighted by atomic mass is 16.7. The molecule has 0 bridgehead atoms. The topological polar surface area (TPSA) is 177 Å². The van der Waals surface area contributed by atoms with Crippen molar-refractivity contribution in [3.63, 3.8) is 0 Å². The van der Waals surface area contributed by atoms with Gasteiger partial charge in [-0.2, -0.15) is 0 Å². The first-order valence-corrected chi connectivity index (χ1v) is 10.1. The van der Waals surface area contributed by atoms with E-state index in [-0.39, 0.29) is 12.4 Å². The third-order valence-corrected chi connectivity index (χ3v) is 5.51. The van der Waals surface area contributed by atoms with Crippen molar-refractivity contribution >= 4 is 0 Å². The van der Waals surface area contributed by atoms with Crippen molar-refractivity contribution < 1.29 is 59.1 Å². The van der Waals surface area contributed by atoms with E-state index in [0.717, 1.165) is 0 Å². The first-order valence-electron chi connectivity index (χ1n) is 10.1. The fourth-order valence-electron chi connectivity index (χ4n) is 3.52. The summed E-state index contributed by atoms with van der Waals surface area (Å²) in [5.74, 6) is 1.07. The molecule has 0 spiro atoms. The van der Waals surface area contributed by atoms with Crippen LogP contribution in [0.15, 0.2) is 18.2 Å². The Kier molecular flexibility index (Phi) is 8.14. The molecule has 0 aromatic heterocycles. The first kappa shape index (κ1) is 24.9. The molecule has 12 heteroatoms. The maximum atomic E-state index is 10.3. The molecule has 0 radical (unpaired) electrons. The third-order valence-electron chi connectivity index (χ3n) is 5.51. The lowest BCUT2D eigenvalue weighted by atomic mass is 9.98. The van der Waals surface area contributed by atoms with E-state index in [1.54, 1.807) is 12.1 Å². The van der Waals surface area contributed by atoms with Gasteiger partial charge in [0.05, 0.1) is 26.9 Å². The van der Waals surface area contributed by atoms with E-state index in [1.807, 2.05) is 0 Å². The predicted molar refractivity (Wildman–Crippen MR) is 105 cm³/mol. The molecular formula is C20H30O12. The number of rotatable bonds is 7. The summed E-state index contributed by atoms with van der Waals surface area (Å²) in [5.41, 5.74) is 0. The minimum Gasteiger partial charge on any atom is -0.493 e. The van der Waals surface area contributed by atoms with Crippen LogP contribution in [0.3, 0.4) is 0 Å². The number of benzene rings is 1. The van der Waals surface area contributed by atoms with Gasteiger partial charge in [-0.3, -0.25) is 0 Å². The highest BCUT2D eigenvalue weighted by molar-refractivity contribution is 5.45. The average molecular weight is 462 g/mol. The second-order valence-corrected chi connectivity index (χ2v) is 7.66. The lowest BCUT2D eigenvalue weighted by Crippen LogP contribution is -2.61. The molecule has 3 rings (SSSR count). The molecule has 2 fully saturated rings. The van der Waals surface area contributed by atoms with Crippen LogP contribution >= 0.6 is 0 Å². The molecule has 0 amide bonds. The molecule has 6 N–H and O–H groups in total. The van der Waals surface area contributed by atoms with Gasteiger partial charge in [0.25, 0.3) is 0 Å². The predicted octanol–water partition coefficient (Wildman–Crippen LogP) is -2.27. The van der Waals surface area contributed by atoms with Crippen molar-refractivity contribution in [2.75, 3.05) is 20.8 Å². The SMILES string of the molecule is COc1ccc(OC2OC(COC3OC(C)C(O)C(O)C3O)C(O)C(O)C2O)cc1OC. The second kappa shape index (κ2) is 10.5. The number of hydrogen-bond donors (Lipinski definition) is 6. The average Bonchev–Trinajstić information content (AvgIpc) is 2.79. The fourth-order valence-corrected chi connectivity index (χ4v) is 3.52. The van der Waals surface area contributed by atoms with Gasteiger partial charge in [0.15, 0.2) is 17.8 Å². The zero-order chi connectivity index (χ0) is 23.6. The van der Waals surface area contributed by atoms with Crippen molar-refractivity contribution in [2.24, 2.45) is 0 Å². The molecule has 0 saturated carbocycles. The van der Waals surface area contributed by atoms with Gasteiger partial charge in [-0.1, -0.05) is 0 Å². The number of hydrogen-bond acceptors (Lipinski definition) is 12. The van der Waals surface area contributed by atoms with Gasteiger partial charge in [0, 0.05) is 6.07 Å². The third kappa shape index (κ3) is 5.09. The molecule has 32 heavy (non-hydrogen) atoms. The van der Waals surface area contributed by atoms with E-state index < -0.39 is 61.4 Å². The Hall–Kier alpha value is -1.74. The molecule has 10 unspecified atom stereocenters. The molecule has 2 aliphatic rings. The molecule has 2 saturated heterocycles. The van der Waals surface area contributed by atoms with Crippen molar-refractivity contribution in [1.29, 1.82) is 0 Å². The van der Waals surface area contributed by atoms with Crippen LogP contribution in [0.2, 0.25) is 0 Å². The normalized spacial score (nSPS) is 40.0. The molecule has 1 aromatic rings. The van der Waals surface area contributed by atoms with Crippen molar-refractivity contribution in [2.45, 2.75) is 68.3 Å². The van der Waals surface area contributed by atoms with Crippen LogP contribution in [0.25, 0.3) is 0 Å². The molecule has 2 aliphatic heterocycles. The van der Waals surface area contributed by atoms with Crippen LogP contribution in [-0.2, 0) is 14.2 Å². The number of aliphatic hydroxyl groups excluding tert-OH is 6. The highest BCUT2D eigenvalue weighted by Gasteiger charge is 2.47. The first-order chi connectivity index (χ1) is 15.2. The Morgan fingerprint density at radius 3 is 2.03 bits per heavy atom. The molecule has 2 heterocycles. The summed E-state index contributed by atoms with van der Waals surface area (Å²) in [6.07, 6.45) is -13.7. The lowest BCUT2D eigenvalue weighted by molar-refractivity contribution is -0.318. The van der Waals surface area contributed by atoms with Crippen LogP contribution < -0.4 is 14.2 Å². The molecule has 182 valence electrons. The quantitative estimate of drug-likeness (QED) is 0.257. The molecule has 1 aromatic carbocycles.